The molecule has 3 aromatic heterocycles. The van der Waals surface area contributed by atoms with Crippen molar-refractivity contribution in [3.8, 4) is 32.0 Å². The van der Waals surface area contributed by atoms with Gasteiger partial charge in [-0.2, -0.15) is 0 Å². The number of aryl methyl sites for hydroxylation is 2. The molecule has 0 N–H and O–H groups in total. The van der Waals surface area contributed by atoms with Crippen molar-refractivity contribution in [2.24, 2.45) is 0 Å². The number of anilines is 3. The maximum atomic E-state index is 7.53. The molecule has 0 amide bonds. The molecule has 4 aliphatic rings. The summed E-state index contributed by atoms with van der Waals surface area (Å²) in [6.45, 7) is 5.00. The van der Waals surface area contributed by atoms with Gasteiger partial charge in [-0.3, -0.25) is 0 Å². The van der Waals surface area contributed by atoms with Crippen LogP contribution in [0.2, 0.25) is 13.1 Å². The molecular formula is C53H35NOS2Si. The Labute approximate surface area is 345 Å². The molecule has 0 fully saturated rings. The van der Waals surface area contributed by atoms with Gasteiger partial charge < -0.3 is 9.32 Å². The summed E-state index contributed by atoms with van der Waals surface area (Å²) in [4.78, 5) is 5.25. The van der Waals surface area contributed by atoms with Crippen LogP contribution >= 0.6 is 22.7 Å². The van der Waals surface area contributed by atoms with Crippen LogP contribution in [0.25, 0.3) is 64.7 Å². The fourth-order valence-corrected chi connectivity index (χ4v) is 16.9. The summed E-state index contributed by atoms with van der Waals surface area (Å²) in [6.07, 6.45) is 2.20. The van der Waals surface area contributed by atoms with Gasteiger partial charge in [0.2, 0.25) is 0 Å². The quantitative estimate of drug-likeness (QED) is 0.166. The molecule has 0 radical (unpaired) electrons. The first-order valence-electron chi connectivity index (χ1n) is 20.4. The number of para-hydroxylation sites is 2. The van der Waals surface area contributed by atoms with Crippen LogP contribution in [0.4, 0.5) is 17.1 Å². The Morgan fingerprint density at radius 2 is 1.22 bits per heavy atom. The topological polar surface area (TPSA) is 16.4 Å². The van der Waals surface area contributed by atoms with Gasteiger partial charge in [-0.25, -0.2) is 0 Å². The van der Waals surface area contributed by atoms with Crippen molar-refractivity contribution in [2.45, 2.75) is 31.4 Å². The second kappa shape index (κ2) is 10.9. The molecule has 0 saturated carbocycles. The standard InChI is InChI=1S/C53H35NOS2Si/c1-58(2)44-14-7-6-11-34(44)35-21-19-33(29-45(35)58)54(32-9-4-3-5-10-32)43-13-8-12-36-37-22-24-40-48(50(37)55-49(36)43)38-20-17-30-15-16-31-18-23-39(47(38)46(30)31)53(40)41-25-27-56-51(41)52-42(53)26-28-57-52/h3-14,17-29H,15-16H2,1-2H3. The van der Waals surface area contributed by atoms with Gasteiger partial charge in [0, 0.05) is 37.5 Å². The maximum Gasteiger partial charge on any atom is 0.159 e. The zero-order chi connectivity index (χ0) is 38.1. The molecule has 4 heterocycles. The molecule has 10 aromatic rings. The lowest BCUT2D eigenvalue weighted by molar-refractivity contribution is 0.667. The van der Waals surface area contributed by atoms with Gasteiger partial charge in [-0.05, 0) is 137 Å². The van der Waals surface area contributed by atoms with Crippen LogP contribution in [0.5, 0.6) is 0 Å². The summed E-state index contributed by atoms with van der Waals surface area (Å²) < 4.78 is 7.53. The Bertz CT molecular complexity index is 3410. The van der Waals surface area contributed by atoms with Gasteiger partial charge in [0.15, 0.2) is 5.58 Å². The number of fused-ring (bicyclic) bond motifs is 16. The monoisotopic (exact) mass is 793 g/mol. The minimum Gasteiger partial charge on any atom is -0.453 e. The molecule has 274 valence electrons. The predicted molar refractivity (Wildman–Crippen MR) is 248 cm³/mol. The third-order valence-corrected chi connectivity index (χ3v) is 19.7. The van der Waals surface area contributed by atoms with E-state index in [-0.39, 0.29) is 0 Å². The number of hydrogen-bond acceptors (Lipinski definition) is 4. The van der Waals surface area contributed by atoms with Crippen LogP contribution in [0, 0.1) is 0 Å². The first-order valence-corrected chi connectivity index (χ1v) is 25.1. The summed E-state index contributed by atoms with van der Waals surface area (Å²) in [7, 11) is -1.92. The number of benzene rings is 7. The van der Waals surface area contributed by atoms with Crippen molar-refractivity contribution in [3.05, 3.63) is 184 Å². The smallest absolute Gasteiger partial charge is 0.159 e. The van der Waals surface area contributed by atoms with E-state index in [1.54, 1.807) is 0 Å². The summed E-state index contributed by atoms with van der Waals surface area (Å²) in [6, 6.07) is 53.1. The molecule has 2 nitrogen and oxygen atoms in total. The molecule has 0 bridgehead atoms. The number of furan rings is 1. The highest BCUT2D eigenvalue weighted by atomic mass is 32.1. The average Bonchev–Trinajstić information content (AvgIpc) is 4.12. The summed E-state index contributed by atoms with van der Waals surface area (Å²) in [5, 5.41) is 12.8. The van der Waals surface area contributed by atoms with Crippen LogP contribution < -0.4 is 15.3 Å². The zero-order valence-corrected chi connectivity index (χ0v) is 34.7. The van der Waals surface area contributed by atoms with E-state index in [2.05, 4.69) is 168 Å². The Morgan fingerprint density at radius 1 is 0.534 bits per heavy atom. The molecule has 1 spiro atoms. The van der Waals surface area contributed by atoms with Crippen molar-refractivity contribution >= 4 is 90.9 Å². The van der Waals surface area contributed by atoms with Gasteiger partial charge in [-0.1, -0.05) is 110 Å². The van der Waals surface area contributed by atoms with Crippen molar-refractivity contribution in [3.63, 3.8) is 0 Å². The van der Waals surface area contributed by atoms with Crippen LogP contribution in [0.3, 0.4) is 0 Å². The first-order chi connectivity index (χ1) is 28.5. The fourth-order valence-electron chi connectivity index (χ4n) is 11.7. The number of nitrogens with zero attached hydrogens (tertiary/aromatic N) is 1. The largest absolute Gasteiger partial charge is 0.453 e. The molecule has 0 saturated heterocycles. The molecule has 58 heavy (non-hydrogen) atoms. The first kappa shape index (κ1) is 32.0. The predicted octanol–water partition coefficient (Wildman–Crippen LogP) is 13.6. The number of thiophene rings is 2. The Kier molecular flexibility index (Phi) is 6.04. The molecule has 5 heteroatoms. The highest BCUT2D eigenvalue weighted by molar-refractivity contribution is 7.21. The Balaban J connectivity index is 1.07. The van der Waals surface area contributed by atoms with E-state index in [0.29, 0.717) is 0 Å². The zero-order valence-electron chi connectivity index (χ0n) is 32.0. The van der Waals surface area contributed by atoms with E-state index in [1.807, 2.05) is 22.7 Å². The van der Waals surface area contributed by atoms with Gasteiger partial charge in [0.05, 0.1) is 11.1 Å². The van der Waals surface area contributed by atoms with Gasteiger partial charge >= 0.3 is 0 Å². The summed E-state index contributed by atoms with van der Waals surface area (Å²) in [5.41, 5.74) is 18.7. The van der Waals surface area contributed by atoms with Crippen LogP contribution in [-0.4, -0.2) is 8.07 Å². The van der Waals surface area contributed by atoms with E-state index in [4.69, 9.17) is 4.42 Å². The Hall–Kier alpha value is -5.98. The molecule has 0 unspecified atom stereocenters. The number of rotatable bonds is 3. The maximum absolute atomic E-state index is 7.53. The van der Waals surface area contributed by atoms with Crippen molar-refractivity contribution in [2.75, 3.05) is 4.90 Å². The lowest BCUT2D eigenvalue weighted by Crippen LogP contribution is -2.49. The van der Waals surface area contributed by atoms with E-state index in [1.165, 1.54) is 86.5 Å². The van der Waals surface area contributed by atoms with Crippen LogP contribution in [0.15, 0.2) is 155 Å². The van der Waals surface area contributed by atoms with Crippen LogP contribution in [0.1, 0.15) is 33.4 Å². The molecule has 0 atom stereocenters. The third kappa shape index (κ3) is 3.71. The molecule has 1 aliphatic heterocycles. The van der Waals surface area contributed by atoms with Gasteiger partial charge in [0.25, 0.3) is 0 Å². The normalized spacial score (nSPS) is 15.6. The van der Waals surface area contributed by atoms with E-state index >= 15 is 0 Å². The number of hydrogen-bond donors (Lipinski definition) is 0. The van der Waals surface area contributed by atoms with Gasteiger partial charge in [-0.15, -0.1) is 22.7 Å². The van der Waals surface area contributed by atoms with Crippen molar-refractivity contribution in [1.82, 2.24) is 0 Å². The lowest BCUT2D eigenvalue weighted by Gasteiger charge is -2.39. The van der Waals surface area contributed by atoms with Crippen molar-refractivity contribution < 1.29 is 4.42 Å². The second-order valence-electron chi connectivity index (χ2n) is 17.1. The molecular weight excluding hydrogens is 759 g/mol. The Morgan fingerprint density at radius 3 is 2.03 bits per heavy atom. The molecule has 7 aromatic carbocycles. The van der Waals surface area contributed by atoms with E-state index in [0.717, 1.165) is 51.8 Å². The summed E-state index contributed by atoms with van der Waals surface area (Å²) >= 11 is 3.77. The lowest BCUT2D eigenvalue weighted by atomic mass is 9.61. The minimum atomic E-state index is -1.92. The minimum absolute atomic E-state index is 0.405. The van der Waals surface area contributed by atoms with Crippen LogP contribution in [-0.2, 0) is 18.3 Å². The molecule has 14 rings (SSSR count). The average molecular weight is 794 g/mol. The summed E-state index contributed by atoms with van der Waals surface area (Å²) in [5.74, 6) is 0. The highest BCUT2D eigenvalue weighted by Crippen LogP contribution is 2.65. The second-order valence-corrected chi connectivity index (χ2v) is 23.2. The SMILES string of the molecule is C[Si]1(C)c2ccccc2-c2ccc(N(c3ccccc3)c3cccc4c3oc3c5c(ccc34)C3(c4ccsc4-c4sccc43)c3ccc4c6c(ccc-5c36)CC4)cc21. The molecule has 3 aliphatic carbocycles. The van der Waals surface area contributed by atoms with Gasteiger partial charge in [0.1, 0.15) is 13.7 Å². The third-order valence-electron chi connectivity index (χ3n) is 14.1. The van der Waals surface area contributed by atoms with E-state index < -0.39 is 13.5 Å². The van der Waals surface area contributed by atoms with Crippen molar-refractivity contribution in [1.29, 1.82) is 0 Å². The highest BCUT2D eigenvalue weighted by Gasteiger charge is 2.52. The van der Waals surface area contributed by atoms with E-state index in [9.17, 15) is 0 Å². The fraction of sp³-hybridized carbons (Fsp3) is 0.0943.